The number of alkyl halides is 2. The van der Waals surface area contributed by atoms with Crippen molar-refractivity contribution in [1.29, 1.82) is 3.56 Å². The molecule has 0 aromatic rings. The molecule has 1 saturated heterocycles. The molecule has 49 heavy (non-hydrogen) atoms. The Morgan fingerprint density at radius 1 is 1.31 bits per heavy atom. The average Bonchev–Trinajstić information content (AvgIpc) is 3.04. The predicted octanol–water partition coefficient (Wildman–Crippen LogP) is 4.05. The minimum absolute atomic E-state index is 0.162. The zero-order valence-electron chi connectivity index (χ0n) is 31.2. The molecule has 2 heterocycles. The first-order valence-corrected chi connectivity index (χ1v) is 20.5. The van der Waals surface area contributed by atoms with E-state index in [1.54, 1.807) is 19.1 Å². The summed E-state index contributed by atoms with van der Waals surface area (Å²) in [6.45, 7) is 24.8. The van der Waals surface area contributed by atoms with Gasteiger partial charge in [-0.15, -0.1) is 0 Å². The van der Waals surface area contributed by atoms with Crippen LogP contribution in [0.25, 0.3) is 0 Å². The summed E-state index contributed by atoms with van der Waals surface area (Å²) < 4.78 is 54.6. The predicted molar refractivity (Wildman–Crippen MR) is 201 cm³/mol. The van der Waals surface area contributed by atoms with Gasteiger partial charge in [0.15, 0.2) is 5.83 Å². The summed E-state index contributed by atoms with van der Waals surface area (Å²) in [7, 11) is 3.43. The Labute approximate surface area is 314 Å². The number of nitrogens with one attached hydrogen (secondary N) is 4. The Morgan fingerprint density at radius 2 is 1.92 bits per heavy atom. The first kappa shape index (κ1) is 47.2. The molecule has 4 N–H and O–H groups in total. The molecule has 0 aromatic heterocycles. The Morgan fingerprint density at radius 3 is 2.39 bits per heavy atom. The van der Waals surface area contributed by atoms with Crippen molar-refractivity contribution in [2.24, 2.45) is 11.0 Å². The van der Waals surface area contributed by atoms with Gasteiger partial charge in [-0.05, 0) is 20.9 Å². The third kappa shape index (κ3) is 20.6. The second-order valence-electron chi connectivity index (χ2n) is 12.2. The van der Waals surface area contributed by atoms with E-state index in [-0.39, 0.29) is 18.5 Å². The molecule has 0 radical (unpaired) electrons. The van der Waals surface area contributed by atoms with E-state index in [4.69, 9.17) is 6.63 Å². The summed E-state index contributed by atoms with van der Waals surface area (Å²) in [5.41, 5.74) is 9.12. The fourth-order valence-corrected chi connectivity index (χ4v) is 6.87. The van der Waals surface area contributed by atoms with Crippen LogP contribution in [0.2, 0.25) is 0 Å². The second kappa shape index (κ2) is 25.2. The molecular formula is C34H60F3I2N8O2-. The van der Waals surface area contributed by atoms with Gasteiger partial charge in [-0.25, -0.2) is 13.2 Å². The van der Waals surface area contributed by atoms with Crippen LogP contribution in [0.3, 0.4) is 0 Å². The summed E-state index contributed by atoms with van der Waals surface area (Å²) >= 11 is -1.15. The Kier molecular flexibility index (Phi) is 24.2. The van der Waals surface area contributed by atoms with Crippen LogP contribution >= 0.6 is 21.0 Å². The van der Waals surface area contributed by atoms with Gasteiger partial charge in [0, 0.05) is 39.1 Å². The number of nitrogens with zero attached hydrogens (tertiary/aromatic N) is 4. The molecule has 0 aliphatic carbocycles. The molecule has 284 valence electrons. The van der Waals surface area contributed by atoms with Crippen LogP contribution in [0.15, 0.2) is 61.5 Å². The monoisotopic (exact) mass is 923 g/mol. The topological polar surface area (TPSA) is 108 Å². The maximum atomic E-state index is 12.3. The van der Waals surface area contributed by atoms with E-state index in [2.05, 4.69) is 77.6 Å². The maximum absolute atomic E-state index is 12.3. The van der Waals surface area contributed by atoms with Gasteiger partial charge in [0.25, 0.3) is 11.8 Å². The second-order valence-corrected chi connectivity index (χ2v) is 16.2. The summed E-state index contributed by atoms with van der Waals surface area (Å²) in [5, 5.41) is 7.40. The quantitative estimate of drug-likeness (QED) is 0.126. The SMILES string of the molecule is C=C(F)C(=O)N1CCNCC1.CC(C)N(C)CC(C)(F)F.CCN(CC/C(N[I-]OC)=C(\C)I=N)C1=CC(C)/C=N\N/C(C)=C/C(C)=C\1C. The van der Waals surface area contributed by atoms with E-state index in [0.29, 0.717) is 13.1 Å². The van der Waals surface area contributed by atoms with E-state index in [1.165, 1.54) is 31.0 Å². The standard InChI is InChI=1S/C20H34I2N5O.C7H15F2N.C7H11FN2O/c1-8-27(10-9-19(18(6)21-23)25-22-28-7)20-11-14(2)13-24-26-16(4)12-15(3)17(20)5;1-6(2)10(4)5-7(3,8)9;1-6(8)7(11)10-4-2-9-3-5-10/h11-14,23,25-26H,8-10H2,1-7H3;6H,5H2,1-4H3;9H,1-5H2/q-1;;/b16-12+,17-15-,19-18-,20-11?,24-13-;;. The third-order valence-corrected chi connectivity index (χ3v) is 10.3. The number of carbonyl (C=O) groups excluding carboxylic acids is 1. The molecule has 1 unspecified atom stereocenters. The number of carbonyl (C=O) groups is 1. The van der Waals surface area contributed by atoms with Gasteiger partial charge in [0.05, 0.1) is 6.54 Å². The zero-order valence-corrected chi connectivity index (χ0v) is 35.6. The van der Waals surface area contributed by atoms with Gasteiger partial charge >= 0.3 is 193 Å². The first-order valence-electron chi connectivity index (χ1n) is 16.4. The normalized spacial score (nSPS) is 20.7. The molecule has 0 bridgehead atoms. The number of likely N-dealkylation sites (N-methyl/N-ethyl adjacent to an activating group) is 1. The molecule has 1 fully saturated rings. The summed E-state index contributed by atoms with van der Waals surface area (Å²) in [5.74, 6) is -3.78. The molecule has 1 atom stereocenters. The van der Waals surface area contributed by atoms with Crippen LogP contribution in [0.4, 0.5) is 13.2 Å². The van der Waals surface area contributed by atoms with Crippen molar-refractivity contribution in [3.8, 4) is 0 Å². The van der Waals surface area contributed by atoms with E-state index in [1.807, 2.05) is 27.0 Å². The van der Waals surface area contributed by atoms with Gasteiger partial charge in [-0.2, -0.15) is 0 Å². The van der Waals surface area contributed by atoms with Crippen LogP contribution < -0.4 is 36.2 Å². The van der Waals surface area contributed by atoms with Crippen molar-refractivity contribution in [2.75, 3.05) is 60.0 Å². The molecule has 1 amide bonds. The van der Waals surface area contributed by atoms with Crippen molar-refractivity contribution in [3.63, 3.8) is 0 Å². The van der Waals surface area contributed by atoms with Crippen LogP contribution in [0.1, 0.15) is 68.7 Å². The summed E-state index contributed by atoms with van der Waals surface area (Å²) in [4.78, 5) is 16.4. The number of hydrogen-bond acceptors (Lipinski definition) is 9. The summed E-state index contributed by atoms with van der Waals surface area (Å²) in [6.07, 6.45) is 7.30. The molecule has 15 heteroatoms. The Balaban J connectivity index is 0.000000890. The molecule has 0 spiro atoms. The molecule has 0 aromatic carbocycles. The fraction of sp³-hybridized carbons (Fsp3) is 0.647. The number of hydrogen-bond donors (Lipinski definition) is 4. The van der Waals surface area contributed by atoms with Crippen LogP contribution in [0, 0.1) is 9.48 Å². The van der Waals surface area contributed by atoms with Crippen LogP contribution in [-0.2, 0) is 7.86 Å². The van der Waals surface area contributed by atoms with Gasteiger partial charge < -0.3 is 10.2 Å². The van der Waals surface area contributed by atoms with E-state index < -0.39 is 60.6 Å². The van der Waals surface area contributed by atoms with Gasteiger partial charge in [0.2, 0.25) is 0 Å². The molecule has 10 nitrogen and oxygen atoms in total. The van der Waals surface area contributed by atoms with Gasteiger partial charge in [-0.3, -0.25) is 9.69 Å². The number of amides is 1. The van der Waals surface area contributed by atoms with Crippen LogP contribution in [0.5, 0.6) is 0 Å². The number of hydrazone groups is 1. The Hall–Kier alpha value is -1.83. The fourth-order valence-electron chi connectivity index (χ4n) is 4.47. The molecule has 2 rings (SSSR count). The van der Waals surface area contributed by atoms with Crippen LogP contribution in [-0.4, -0.2) is 98.8 Å². The van der Waals surface area contributed by atoms with Gasteiger partial charge in [-0.1, -0.05) is 6.58 Å². The van der Waals surface area contributed by atoms with E-state index >= 15 is 0 Å². The van der Waals surface area contributed by atoms with Crippen molar-refractivity contribution in [3.05, 3.63) is 56.4 Å². The number of halogens is 5. The van der Waals surface area contributed by atoms with Crippen molar-refractivity contribution < 1.29 is 42.9 Å². The van der Waals surface area contributed by atoms with Crippen molar-refractivity contribution >= 4 is 33.2 Å². The molecular weight excluding hydrogens is 863 g/mol. The van der Waals surface area contributed by atoms with Crippen molar-refractivity contribution in [1.82, 2.24) is 29.0 Å². The molecule has 0 saturated carbocycles. The number of rotatable bonds is 13. The minimum atomic E-state index is -2.57. The molecule has 2 aliphatic rings. The average molecular weight is 924 g/mol. The zero-order chi connectivity index (χ0) is 37.7. The number of allylic oxidation sites excluding steroid dienone is 6. The van der Waals surface area contributed by atoms with Gasteiger partial charge in [0.1, 0.15) is 0 Å². The first-order chi connectivity index (χ1) is 22.9. The Bertz CT molecular complexity index is 1210. The van der Waals surface area contributed by atoms with E-state index in [0.717, 1.165) is 45.2 Å². The third-order valence-electron chi connectivity index (χ3n) is 7.57. The van der Waals surface area contributed by atoms with Crippen molar-refractivity contribution in [2.45, 2.75) is 80.7 Å². The van der Waals surface area contributed by atoms with E-state index in [9.17, 15) is 18.0 Å². The number of piperazine rings is 1. The summed E-state index contributed by atoms with van der Waals surface area (Å²) in [6, 6.07) is 0.186. The molecule has 2 aliphatic heterocycles.